The Labute approximate surface area is 142 Å². The van der Waals surface area contributed by atoms with Crippen LogP contribution in [0.3, 0.4) is 0 Å². The number of hydrogen-bond acceptors (Lipinski definition) is 4. The molecule has 1 unspecified atom stereocenters. The largest absolute Gasteiger partial charge is 0.497 e. The van der Waals surface area contributed by atoms with Crippen molar-refractivity contribution in [2.24, 2.45) is 7.05 Å². The Morgan fingerprint density at radius 1 is 1.29 bits per heavy atom. The van der Waals surface area contributed by atoms with E-state index in [1.807, 2.05) is 35.9 Å². The van der Waals surface area contributed by atoms with Gasteiger partial charge in [0.2, 0.25) is 0 Å². The highest BCUT2D eigenvalue weighted by molar-refractivity contribution is 7.87. The van der Waals surface area contributed by atoms with Gasteiger partial charge in [-0.2, -0.15) is 17.4 Å². The normalized spacial score (nSPS) is 17.1. The lowest BCUT2D eigenvalue weighted by Crippen LogP contribution is -2.41. The molecule has 0 saturated carbocycles. The molecule has 1 saturated heterocycles. The second-order valence-electron chi connectivity index (χ2n) is 5.84. The number of rotatable bonds is 6. The summed E-state index contributed by atoms with van der Waals surface area (Å²) in [6.07, 6.45) is 5.25. The molecule has 24 heavy (non-hydrogen) atoms. The Balaban J connectivity index is 1.98. The first-order valence-corrected chi connectivity index (χ1v) is 9.34. The van der Waals surface area contributed by atoms with Gasteiger partial charge >= 0.3 is 0 Å². The molecule has 1 N–H and O–H groups in total. The molecule has 0 radical (unpaired) electrons. The molecule has 3 rings (SSSR count). The molecule has 1 aliphatic heterocycles. The molecule has 1 fully saturated rings. The molecule has 0 spiro atoms. The fourth-order valence-electron chi connectivity index (χ4n) is 2.90. The lowest BCUT2D eigenvalue weighted by Gasteiger charge is -2.23. The maximum absolute atomic E-state index is 12.7. The molecule has 2 aromatic rings. The van der Waals surface area contributed by atoms with Crippen molar-refractivity contribution < 1.29 is 13.2 Å². The number of ether oxygens (including phenoxy) is 1. The topological polar surface area (TPSA) is 76.5 Å². The van der Waals surface area contributed by atoms with Crippen molar-refractivity contribution in [3.05, 3.63) is 48.0 Å². The third kappa shape index (κ3) is 3.45. The quantitative estimate of drug-likeness (QED) is 0.855. The fraction of sp³-hybridized carbons (Fsp3) is 0.438. The van der Waals surface area contributed by atoms with Crippen molar-refractivity contribution in [2.45, 2.75) is 18.9 Å². The first-order chi connectivity index (χ1) is 11.5. The Hall–Kier alpha value is -1.90. The average molecular weight is 350 g/mol. The minimum Gasteiger partial charge on any atom is -0.497 e. The summed E-state index contributed by atoms with van der Waals surface area (Å²) < 4.78 is 36.8. The first kappa shape index (κ1) is 16.9. The molecule has 0 amide bonds. The van der Waals surface area contributed by atoms with Crippen molar-refractivity contribution in [1.29, 1.82) is 0 Å². The van der Waals surface area contributed by atoms with E-state index in [9.17, 15) is 8.42 Å². The van der Waals surface area contributed by atoms with E-state index >= 15 is 0 Å². The zero-order valence-electron chi connectivity index (χ0n) is 13.8. The SMILES string of the molecule is COc1cccc(C(NS(=O)(=O)N2CCCC2)c2nccn2C)c1. The van der Waals surface area contributed by atoms with Crippen molar-refractivity contribution in [3.63, 3.8) is 0 Å². The van der Waals surface area contributed by atoms with Gasteiger partial charge in [0, 0.05) is 32.5 Å². The van der Waals surface area contributed by atoms with Crippen molar-refractivity contribution in [2.75, 3.05) is 20.2 Å². The highest BCUT2D eigenvalue weighted by atomic mass is 32.2. The molecule has 1 atom stereocenters. The summed E-state index contributed by atoms with van der Waals surface area (Å²) in [7, 11) is -0.147. The van der Waals surface area contributed by atoms with Crippen LogP contribution in [0.5, 0.6) is 5.75 Å². The Morgan fingerprint density at radius 3 is 2.67 bits per heavy atom. The van der Waals surface area contributed by atoms with Crippen LogP contribution in [0.1, 0.15) is 30.3 Å². The number of hydrogen-bond donors (Lipinski definition) is 1. The maximum Gasteiger partial charge on any atom is 0.280 e. The fourth-order valence-corrected chi connectivity index (χ4v) is 4.33. The standard InChI is InChI=1S/C16H22N4O3S/c1-19-11-8-17-16(19)15(13-6-5-7-14(12-13)23-2)18-24(21,22)20-9-3-4-10-20/h5-8,11-12,15,18H,3-4,9-10H2,1-2H3. The van der Waals surface area contributed by atoms with E-state index in [0.29, 0.717) is 24.7 Å². The van der Waals surface area contributed by atoms with E-state index in [0.717, 1.165) is 18.4 Å². The van der Waals surface area contributed by atoms with Gasteiger partial charge in [-0.3, -0.25) is 0 Å². The molecule has 130 valence electrons. The van der Waals surface area contributed by atoms with Crippen LogP contribution in [0.4, 0.5) is 0 Å². The molecule has 2 heterocycles. The second kappa shape index (κ2) is 6.92. The van der Waals surface area contributed by atoms with E-state index in [1.165, 1.54) is 4.31 Å². The van der Waals surface area contributed by atoms with Gasteiger partial charge in [0.1, 0.15) is 17.6 Å². The van der Waals surface area contributed by atoms with Crippen LogP contribution in [-0.4, -0.2) is 42.5 Å². The Kier molecular flexibility index (Phi) is 4.88. The van der Waals surface area contributed by atoms with Gasteiger partial charge < -0.3 is 9.30 Å². The molecule has 0 bridgehead atoms. The van der Waals surface area contributed by atoms with Crippen LogP contribution in [0, 0.1) is 0 Å². The Morgan fingerprint density at radius 2 is 2.04 bits per heavy atom. The zero-order valence-corrected chi connectivity index (χ0v) is 14.7. The minimum atomic E-state index is -3.58. The van der Waals surface area contributed by atoms with E-state index in [4.69, 9.17) is 4.74 Å². The third-order valence-electron chi connectivity index (χ3n) is 4.22. The van der Waals surface area contributed by atoms with Crippen LogP contribution in [-0.2, 0) is 17.3 Å². The summed E-state index contributed by atoms with van der Waals surface area (Å²) in [5.74, 6) is 1.30. The van der Waals surface area contributed by atoms with Gasteiger partial charge in [0.25, 0.3) is 10.2 Å². The van der Waals surface area contributed by atoms with E-state index in [-0.39, 0.29) is 0 Å². The van der Waals surface area contributed by atoms with Crippen molar-refractivity contribution in [3.8, 4) is 5.75 Å². The number of methoxy groups -OCH3 is 1. The van der Waals surface area contributed by atoms with Gasteiger partial charge in [-0.05, 0) is 30.5 Å². The highest BCUT2D eigenvalue weighted by Gasteiger charge is 2.30. The highest BCUT2D eigenvalue weighted by Crippen LogP contribution is 2.26. The van der Waals surface area contributed by atoms with Crippen LogP contribution in [0.25, 0.3) is 0 Å². The maximum atomic E-state index is 12.7. The van der Waals surface area contributed by atoms with Gasteiger partial charge in [-0.25, -0.2) is 4.98 Å². The predicted molar refractivity (Wildman–Crippen MR) is 90.9 cm³/mol. The number of aryl methyl sites for hydroxylation is 1. The lowest BCUT2D eigenvalue weighted by molar-refractivity contribution is 0.413. The molecule has 1 aliphatic rings. The van der Waals surface area contributed by atoms with E-state index in [2.05, 4.69) is 9.71 Å². The minimum absolute atomic E-state index is 0.556. The summed E-state index contributed by atoms with van der Waals surface area (Å²) in [4.78, 5) is 4.34. The van der Waals surface area contributed by atoms with Crippen LogP contribution in [0.2, 0.25) is 0 Å². The van der Waals surface area contributed by atoms with Crippen LogP contribution in [0.15, 0.2) is 36.7 Å². The smallest absolute Gasteiger partial charge is 0.280 e. The molecule has 0 aliphatic carbocycles. The number of nitrogens with one attached hydrogen (secondary N) is 1. The summed E-state index contributed by atoms with van der Waals surface area (Å²) in [5, 5.41) is 0. The number of benzene rings is 1. The molecule has 7 nitrogen and oxygen atoms in total. The third-order valence-corrected chi connectivity index (χ3v) is 5.79. The summed E-state index contributed by atoms with van der Waals surface area (Å²) in [6, 6.07) is 6.79. The van der Waals surface area contributed by atoms with Crippen molar-refractivity contribution >= 4 is 10.2 Å². The molecule has 1 aromatic heterocycles. The summed E-state index contributed by atoms with van der Waals surface area (Å²) >= 11 is 0. The Bertz CT molecular complexity index is 797. The predicted octanol–water partition coefficient (Wildman–Crippen LogP) is 1.45. The van der Waals surface area contributed by atoms with Gasteiger partial charge in [0.15, 0.2) is 0 Å². The van der Waals surface area contributed by atoms with E-state index < -0.39 is 16.3 Å². The molecular weight excluding hydrogens is 328 g/mol. The molecular formula is C16H22N4O3S. The number of nitrogens with zero attached hydrogens (tertiary/aromatic N) is 3. The van der Waals surface area contributed by atoms with Gasteiger partial charge in [-0.1, -0.05) is 12.1 Å². The summed E-state index contributed by atoms with van der Waals surface area (Å²) in [6.45, 7) is 1.11. The monoisotopic (exact) mass is 350 g/mol. The zero-order chi connectivity index (χ0) is 17.2. The van der Waals surface area contributed by atoms with E-state index in [1.54, 1.807) is 19.5 Å². The number of imidazole rings is 1. The lowest BCUT2D eigenvalue weighted by atomic mass is 10.1. The number of aromatic nitrogens is 2. The summed E-state index contributed by atoms with van der Waals surface area (Å²) in [5.41, 5.74) is 0.784. The molecule has 1 aromatic carbocycles. The van der Waals surface area contributed by atoms with Gasteiger partial charge in [-0.15, -0.1) is 0 Å². The van der Waals surface area contributed by atoms with Crippen LogP contribution < -0.4 is 9.46 Å². The van der Waals surface area contributed by atoms with Crippen LogP contribution >= 0.6 is 0 Å². The molecule has 8 heteroatoms. The van der Waals surface area contributed by atoms with Gasteiger partial charge in [0.05, 0.1) is 7.11 Å². The first-order valence-electron chi connectivity index (χ1n) is 7.90. The average Bonchev–Trinajstić information content (AvgIpc) is 3.25. The van der Waals surface area contributed by atoms with Crippen molar-refractivity contribution in [1.82, 2.24) is 18.6 Å². The second-order valence-corrected chi connectivity index (χ2v) is 7.54.